The summed E-state index contributed by atoms with van der Waals surface area (Å²) in [5, 5.41) is 18.2. The van der Waals surface area contributed by atoms with E-state index in [1.54, 1.807) is 20.8 Å². The molecule has 0 aromatic carbocycles. The molecule has 0 aliphatic carbocycles. The molecule has 0 aromatic heterocycles. The number of aliphatic hydroxyl groups excluding tert-OH is 1. The molecule has 1 rings (SSSR count). The fourth-order valence-corrected chi connectivity index (χ4v) is 1.66. The van der Waals surface area contributed by atoms with Crippen LogP contribution >= 0.6 is 0 Å². The van der Waals surface area contributed by atoms with E-state index in [9.17, 15) is 19.1 Å². The van der Waals surface area contributed by atoms with Crippen LogP contribution in [-0.4, -0.2) is 57.6 Å². The fraction of sp³-hybridized carbons (Fsp3) is 0.818. The van der Waals surface area contributed by atoms with Crippen molar-refractivity contribution in [2.75, 3.05) is 13.1 Å². The number of nitrogens with zero attached hydrogens (tertiary/aromatic N) is 1. The van der Waals surface area contributed by atoms with Gasteiger partial charge in [-0.05, 0) is 27.2 Å². The molecule has 1 aliphatic heterocycles. The topological polar surface area (TPSA) is 87.1 Å². The number of hydrogen-bond donors (Lipinski definition) is 2. The maximum Gasteiger partial charge on any atom is 0.410 e. The lowest BCUT2D eigenvalue weighted by molar-refractivity contribution is -0.165. The first kappa shape index (κ1) is 14.7. The van der Waals surface area contributed by atoms with Crippen LogP contribution in [0.2, 0.25) is 0 Å². The fourth-order valence-electron chi connectivity index (χ4n) is 1.66. The van der Waals surface area contributed by atoms with Gasteiger partial charge in [-0.3, -0.25) is 0 Å². The zero-order valence-electron chi connectivity index (χ0n) is 10.6. The molecular formula is C11H18FNO5. The van der Waals surface area contributed by atoms with Gasteiger partial charge in [-0.1, -0.05) is 0 Å². The molecule has 1 heterocycles. The maximum absolute atomic E-state index is 14.0. The minimum absolute atomic E-state index is 0.0645. The quantitative estimate of drug-likeness (QED) is 0.730. The number of carboxylic acid groups (broad SMARTS) is 1. The average molecular weight is 263 g/mol. The molecule has 1 fully saturated rings. The first-order chi connectivity index (χ1) is 8.06. The number of amides is 1. The highest BCUT2D eigenvalue weighted by Gasteiger charge is 2.51. The lowest BCUT2D eigenvalue weighted by Gasteiger charge is -2.38. The van der Waals surface area contributed by atoms with E-state index in [0.717, 1.165) is 4.90 Å². The number of carboxylic acids is 1. The van der Waals surface area contributed by atoms with E-state index >= 15 is 0 Å². The van der Waals surface area contributed by atoms with Gasteiger partial charge in [0.2, 0.25) is 5.67 Å². The zero-order valence-corrected chi connectivity index (χ0v) is 10.6. The molecule has 2 N–H and O–H groups in total. The first-order valence-corrected chi connectivity index (χ1v) is 5.64. The Labute approximate surface area is 104 Å². The van der Waals surface area contributed by atoms with Gasteiger partial charge < -0.3 is 19.8 Å². The Hall–Kier alpha value is -1.37. The van der Waals surface area contributed by atoms with Crippen molar-refractivity contribution in [3.8, 4) is 0 Å². The highest BCUT2D eigenvalue weighted by atomic mass is 19.1. The van der Waals surface area contributed by atoms with Gasteiger partial charge in [-0.2, -0.15) is 0 Å². The van der Waals surface area contributed by atoms with Crippen molar-refractivity contribution < 1.29 is 28.9 Å². The van der Waals surface area contributed by atoms with Crippen LogP contribution in [0.5, 0.6) is 0 Å². The van der Waals surface area contributed by atoms with Crippen LogP contribution in [0.3, 0.4) is 0 Å². The predicted molar refractivity (Wildman–Crippen MR) is 59.9 cm³/mol. The molecule has 7 heteroatoms. The van der Waals surface area contributed by atoms with Crippen LogP contribution in [-0.2, 0) is 9.53 Å². The number of aliphatic carboxylic acids is 1. The molecular weight excluding hydrogens is 245 g/mol. The molecule has 0 radical (unpaired) electrons. The number of carbonyl (C=O) groups excluding carboxylic acids is 1. The molecule has 0 bridgehead atoms. The highest BCUT2D eigenvalue weighted by molar-refractivity contribution is 5.80. The van der Waals surface area contributed by atoms with Crippen molar-refractivity contribution >= 4 is 12.1 Å². The third kappa shape index (κ3) is 3.10. The molecule has 0 saturated carbocycles. The number of ether oxygens (including phenoxy) is 1. The van der Waals surface area contributed by atoms with Crippen molar-refractivity contribution in [3.63, 3.8) is 0 Å². The maximum atomic E-state index is 14.0. The van der Waals surface area contributed by atoms with Gasteiger partial charge in [-0.15, -0.1) is 0 Å². The summed E-state index contributed by atoms with van der Waals surface area (Å²) < 4.78 is 19.1. The number of hydrogen-bond acceptors (Lipinski definition) is 4. The summed E-state index contributed by atoms with van der Waals surface area (Å²) in [7, 11) is 0. The molecule has 104 valence electrons. The number of likely N-dealkylation sites (tertiary alicyclic amines) is 1. The highest BCUT2D eigenvalue weighted by Crippen LogP contribution is 2.27. The summed E-state index contributed by atoms with van der Waals surface area (Å²) in [6.07, 6.45) is -2.53. The molecule has 18 heavy (non-hydrogen) atoms. The Balaban J connectivity index is 2.77. The number of rotatable bonds is 1. The van der Waals surface area contributed by atoms with E-state index in [4.69, 9.17) is 9.84 Å². The van der Waals surface area contributed by atoms with Gasteiger partial charge in [0, 0.05) is 6.54 Å². The van der Waals surface area contributed by atoms with Crippen LogP contribution in [0, 0.1) is 0 Å². The number of aliphatic hydroxyl groups is 1. The SMILES string of the molecule is CC(C)(C)OC(=O)N1CCC(O)C(F)(C(=O)O)C1. The van der Waals surface area contributed by atoms with Crippen LogP contribution < -0.4 is 0 Å². The smallest absolute Gasteiger partial charge is 0.410 e. The molecule has 6 nitrogen and oxygen atoms in total. The average Bonchev–Trinajstić information content (AvgIpc) is 2.19. The summed E-state index contributed by atoms with van der Waals surface area (Å²) in [6.45, 7) is 4.32. The Kier molecular flexibility index (Phi) is 3.85. The van der Waals surface area contributed by atoms with Gasteiger partial charge in [0.1, 0.15) is 11.7 Å². The van der Waals surface area contributed by atoms with Gasteiger partial charge in [0.15, 0.2) is 0 Å². The summed E-state index contributed by atoms with van der Waals surface area (Å²) in [4.78, 5) is 23.5. The minimum Gasteiger partial charge on any atom is -0.479 e. The van der Waals surface area contributed by atoms with Gasteiger partial charge >= 0.3 is 12.1 Å². The second-order valence-electron chi connectivity index (χ2n) is 5.37. The standard InChI is InChI=1S/C11H18FNO5/c1-10(2,3)18-9(17)13-5-4-7(14)11(12,6-13)8(15)16/h7,14H,4-6H2,1-3H3,(H,15,16). The molecule has 0 aromatic rings. The van der Waals surface area contributed by atoms with E-state index in [0.29, 0.717) is 0 Å². The monoisotopic (exact) mass is 263 g/mol. The van der Waals surface area contributed by atoms with Crippen LogP contribution in [0.15, 0.2) is 0 Å². The Morgan fingerprint density at radius 2 is 2.00 bits per heavy atom. The van der Waals surface area contributed by atoms with E-state index in [1.165, 1.54) is 0 Å². The van der Waals surface area contributed by atoms with E-state index < -0.39 is 36.0 Å². The lowest BCUT2D eigenvalue weighted by atomic mass is 9.92. The summed E-state index contributed by atoms with van der Waals surface area (Å²) >= 11 is 0. The Morgan fingerprint density at radius 1 is 1.44 bits per heavy atom. The minimum atomic E-state index is -2.84. The molecule has 1 saturated heterocycles. The number of alkyl halides is 1. The first-order valence-electron chi connectivity index (χ1n) is 5.64. The van der Waals surface area contributed by atoms with E-state index in [-0.39, 0.29) is 13.0 Å². The number of halogens is 1. The molecule has 1 amide bonds. The van der Waals surface area contributed by atoms with E-state index in [1.807, 2.05) is 0 Å². The van der Waals surface area contributed by atoms with Gasteiger partial charge in [-0.25, -0.2) is 14.0 Å². The lowest BCUT2D eigenvalue weighted by Crippen LogP contribution is -2.60. The molecule has 2 unspecified atom stereocenters. The van der Waals surface area contributed by atoms with Crippen molar-refractivity contribution in [2.45, 2.75) is 44.6 Å². The Morgan fingerprint density at radius 3 is 2.44 bits per heavy atom. The molecule has 0 spiro atoms. The predicted octanol–water partition coefficient (Wildman–Crippen LogP) is 0.781. The summed E-state index contributed by atoms with van der Waals surface area (Å²) in [6, 6.07) is 0. The van der Waals surface area contributed by atoms with Gasteiger partial charge in [0.05, 0.1) is 6.54 Å². The van der Waals surface area contributed by atoms with Crippen LogP contribution in [0.1, 0.15) is 27.2 Å². The number of carbonyl (C=O) groups is 2. The second-order valence-corrected chi connectivity index (χ2v) is 5.37. The second kappa shape index (κ2) is 4.72. The Bertz CT molecular complexity index is 354. The third-order valence-electron chi connectivity index (χ3n) is 2.63. The third-order valence-corrected chi connectivity index (χ3v) is 2.63. The number of piperidine rings is 1. The van der Waals surface area contributed by atoms with Crippen LogP contribution in [0.25, 0.3) is 0 Å². The summed E-state index contributed by atoms with van der Waals surface area (Å²) in [5.41, 5.74) is -3.58. The normalized spacial score (nSPS) is 28.9. The molecule has 1 aliphatic rings. The summed E-state index contributed by atoms with van der Waals surface area (Å²) in [5.74, 6) is -1.77. The van der Waals surface area contributed by atoms with Crippen molar-refractivity contribution in [2.24, 2.45) is 0 Å². The van der Waals surface area contributed by atoms with Crippen molar-refractivity contribution in [3.05, 3.63) is 0 Å². The van der Waals surface area contributed by atoms with Crippen LogP contribution in [0.4, 0.5) is 9.18 Å². The van der Waals surface area contributed by atoms with Gasteiger partial charge in [0.25, 0.3) is 0 Å². The van der Waals surface area contributed by atoms with Crippen molar-refractivity contribution in [1.82, 2.24) is 4.90 Å². The van der Waals surface area contributed by atoms with E-state index in [2.05, 4.69) is 0 Å². The molecule has 2 atom stereocenters. The zero-order chi connectivity index (χ0) is 14.1. The largest absolute Gasteiger partial charge is 0.479 e. The van der Waals surface area contributed by atoms with Crippen molar-refractivity contribution in [1.29, 1.82) is 0 Å².